The molecule has 0 saturated heterocycles. The number of pyridine rings is 1. The average Bonchev–Trinajstić information content (AvgIpc) is 2.56. The summed E-state index contributed by atoms with van der Waals surface area (Å²) in [6.07, 6.45) is 3.05. The lowest BCUT2D eigenvalue weighted by Crippen LogP contribution is -2.48. The van der Waals surface area contributed by atoms with E-state index in [0.29, 0.717) is 25.4 Å². The number of rotatable bonds is 6. The highest BCUT2D eigenvalue weighted by molar-refractivity contribution is 6.13. The molecule has 23 heavy (non-hydrogen) atoms. The topological polar surface area (TPSA) is 104 Å². The Balaban J connectivity index is 1.78. The summed E-state index contributed by atoms with van der Waals surface area (Å²) in [6.45, 7) is 1.16. The number of carbonyl (C=O) groups excluding carboxylic acids is 1. The van der Waals surface area contributed by atoms with E-state index >= 15 is 0 Å². The first-order chi connectivity index (χ1) is 11.2. The number of guanidine groups is 1. The Bertz CT molecular complexity index is 633. The van der Waals surface area contributed by atoms with Crippen molar-refractivity contribution in [1.82, 2.24) is 10.3 Å². The summed E-state index contributed by atoms with van der Waals surface area (Å²) >= 11 is 0. The molecule has 4 N–H and O–H groups in total. The molecule has 2 rings (SSSR count). The van der Waals surface area contributed by atoms with E-state index in [1.54, 1.807) is 18.3 Å². The summed E-state index contributed by atoms with van der Waals surface area (Å²) < 4.78 is 5.49. The van der Waals surface area contributed by atoms with Gasteiger partial charge in [0.05, 0.1) is 25.1 Å². The van der Waals surface area contributed by atoms with E-state index in [2.05, 4.69) is 10.3 Å². The lowest BCUT2D eigenvalue weighted by atomic mass is 10.2. The van der Waals surface area contributed by atoms with Gasteiger partial charge >= 0.3 is 6.03 Å². The third-order valence-electron chi connectivity index (χ3n) is 2.98. The number of urea groups is 1. The normalized spacial score (nSPS) is 10.1. The number of hydrogen-bond donors (Lipinski definition) is 3. The molecule has 0 bridgehead atoms. The zero-order valence-electron chi connectivity index (χ0n) is 12.6. The fraction of sp³-hybridized carbons (Fsp3) is 0.188. The number of benzene rings is 1. The third-order valence-corrected chi connectivity index (χ3v) is 2.98. The standard InChI is InChI=1S/C16H19N5O2/c17-15(18)21(14-7-4-8-19-11-14)16(22)20-9-10-23-12-13-5-2-1-3-6-13/h1-8,11H,9-10,12H2,(H3,17,18)(H,20,22). The minimum absolute atomic E-state index is 0.315. The maximum atomic E-state index is 12.1. The van der Waals surface area contributed by atoms with Crippen LogP contribution in [-0.2, 0) is 11.3 Å². The Morgan fingerprint density at radius 3 is 2.70 bits per heavy atom. The van der Waals surface area contributed by atoms with Crippen LogP contribution in [0.1, 0.15) is 5.56 Å². The molecular formula is C16H19N5O2. The molecule has 2 aromatic rings. The number of nitrogens with one attached hydrogen (secondary N) is 2. The summed E-state index contributed by atoms with van der Waals surface area (Å²) in [7, 11) is 0. The second-order valence-electron chi connectivity index (χ2n) is 4.70. The highest BCUT2D eigenvalue weighted by Gasteiger charge is 2.18. The molecule has 120 valence electrons. The van der Waals surface area contributed by atoms with Crippen LogP contribution in [0.3, 0.4) is 0 Å². The minimum atomic E-state index is -0.492. The summed E-state index contributed by atoms with van der Waals surface area (Å²) in [5.41, 5.74) is 6.97. The SMILES string of the molecule is N=C(N)N(C(=O)NCCOCc1ccccc1)c1cccnc1. The summed E-state index contributed by atoms with van der Waals surface area (Å²) in [5, 5.41) is 10.2. The fourth-order valence-corrected chi connectivity index (χ4v) is 1.93. The van der Waals surface area contributed by atoms with Crippen LogP contribution in [0.15, 0.2) is 54.9 Å². The molecular weight excluding hydrogens is 294 g/mol. The summed E-state index contributed by atoms with van der Waals surface area (Å²) in [6, 6.07) is 12.6. The monoisotopic (exact) mass is 313 g/mol. The van der Waals surface area contributed by atoms with Gasteiger partial charge in [0.25, 0.3) is 0 Å². The second-order valence-corrected chi connectivity index (χ2v) is 4.70. The molecule has 2 amide bonds. The van der Waals surface area contributed by atoms with Gasteiger partial charge in [-0.05, 0) is 17.7 Å². The Morgan fingerprint density at radius 1 is 1.26 bits per heavy atom. The first kappa shape index (κ1) is 16.4. The Hall–Kier alpha value is -2.93. The lowest BCUT2D eigenvalue weighted by Gasteiger charge is -2.20. The van der Waals surface area contributed by atoms with Gasteiger partial charge in [-0.25, -0.2) is 9.69 Å². The molecule has 0 aliphatic heterocycles. The Morgan fingerprint density at radius 2 is 2.04 bits per heavy atom. The highest BCUT2D eigenvalue weighted by atomic mass is 16.5. The zero-order valence-corrected chi connectivity index (χ0v) is 12.6. The van der Waals surface area contributed by atoms with Crippen molar-refractivity contribution in [2.75, 3.05) is 18.1 Å². The number of carbonyl (C=O) groups is 1. The maximum absolute atomic E-state index is 12.1. The van der Waals surface area contributed by atoms with Crippen LogP contribution >= 0.6 is 0 Å². The molecule has 7 nitrogen and oxygen atoms in total. The average molecular weight is 313 g/mol. The summed E-state index contributed by atoms with van der Waals surface area (Å²) in [4.78, 5) is 17.1. The molecule has 0 unspecified atom stereocenters. The van der Waals surface area contributed by atoms with Crippen molar-refractivity contribution >= 4 is 17.7 Å². The Labute approximate surface area is 134 Å². The van der Waals surface area contributed by atoms with Gasteiger partial charge in [-0.15, -0.1) is 0 Å². The molecule has 1 heterocycles. The first-order valence-electron chi connectivity index (χ1n) is 7.12. The van der Waals surface area contributed by atoms with Crippen LogP contribution < -0.4 is 16.0 Å². The van der Waals surface area contributed by atoms with Crippen molar-refractivity contribution in [3.05, 3.63) is 60.4 Å². The predicted molar refractivity (Wildman–Crippen MR) is 88.1 cm³/mol. The van der Waals surface area contributed by atoms with E-state index in [4.69, 9.17) is 15.9 Å². The molecule has 0 aliphatic rings. The lowest BCUT2D eigenvalue weighted by molar-refractivity contribution is 0.124. The fourth-order valence-electron chi connectivity index (χ4n) is 1.93. The molecule has 7 heteroatoms. The van der Waals surface area contributed by atoms with Crippen LogP contribution in [0, 0.1) is 5.41 Å². The van der Waals surface area contributed by atoms with Crippen molar-refractivity contribution < 1.29 is 9.53 Å². The molecule has 0 radical (unpaired) electrons. The van der Waals surface area contributed by atoms with Crippen molar-refractivity contribution in [3.8, 4) is 0 Å². The minimum Gasteiger partial charge on any atom is -0.375 e. The van der Waals surface area contributed by atoms with E-state index in [9.17, 15) is 4.79 Å². The van der Waals surface area contributed by atoms with Crippen LogP contribution in [0.25, 0.3) is 0 Å². The van der Waals surface area contributed by atoms with E-state index in [-0.39, 0.29) is 5.96 Å². The molecule has 0 fully saturated rings. The van der Waals surface area contributed by atoms with Gasteiger partial charge in [-0.2, -0.15) is 0 Å². The second kappa shape index (κ2) is 8.50. The maximum Gasteiger partial charge on any atom is 0.328 e. The largest absolute Gasteiger partial charge is 0.375 e. The number of hydrogen-bond acceptors (Lipinski definition) is 4. The number of aromatic nitrogens is 1. The summed E-state index contributed by atoms with van der Waals surface area (Å²) in [5.74, 6) is -0.374. The smallest absolute Gasteiger partial charge is 0.328 e. The van der Waals surface area contributed by atoms with Gasteiger partial charge in [0.15, 0.2) is 0 Å². The quantitative estimate of drug-likeness (QED) is 0.429. The number of nitrogens with two attached hydrogens (primary N) is 1. The van der Waals surface area contributed by atoms with Gasteiger partial charge < -0.3 is 15.8 Å². The number of nitrogens with zero attached hydrogens (tertiary/aromatic N) is 2. The van der Waals surface area contributed by atoms with Crippen molar-refractivity contribution in [1.29, 1.82) is 5.41 Å². The zero-order chi connectivity index (χ0) is 16.5. The van der Waals surface area contributed by atoms with Crippen LogP contribution in [-0.4, -0.2) is 30.1 Å². The molecule has 1 aromatic heterocycles. The van der Waals surface area contributed by atoms with Crippen molar-refractivity contribution in [2.24, 2.45) is 5.73 Å². The molecule has 0 atom stereocenters. The third kappa shape index (κ3) is 5.08. The molecule has 0 saturated carbocycles. The first-order valence-corrected chi connectivity index (χ1v) is 7.12. The van der Waals surface area contributed by atoms with E-state index < -0.39 is 6.03 Å². The predicted octanol–water partition coefficient (Wildman–Crippen LogP) is 1.71. The van der Waals surface area contributed by atoms with Gasteiger partial charge in [0, 0.05) is 12.7 Å². The molecule has 0 aliphatic carbocycles. The van der Waals surface area contributed by atoms with E-state index in [0.717, 1.165) is 10.5 Å². The van der Waals surface area contributed by atoms with Crippen molar-refractivity contribution in [3.63, 3.8) is 0 Å². The van der Waals surface area contributed by atoms with Gasteiger partial charge in [-0.1, -0.05) is 30.3 Å². The van der Waals surface area contributed by atoms with E-state index in [1.807, 2.05) is 30.3 Å². The molecule has 0 spiro atoms. The number of anilines is 1. The van der Waals surface area contributed by atoms with Gasteiger partial charge in [0.2, 0.25) is 5.96 Å². The Kier molecular flexibility index (Phi) is 6.07. The van der Waals surface area contributed by atoms with Crippen LogP contribution in [0.4, 0.5) is 10.5 Å². The van der Waals surface area contributed by atoms with Crippen molar-refractivity contribution in [2.45, 2.75) is 6.61 Å². The number of ether oxygens (including phenoxy) is 1. The van der Waals surface area contributed by atoms with E-state index in [1.165, 1.54) is 6.20 Å². The number of amides is 2. The van der Waals surface area contributed by atoms with Crippen LogP contribution in [0.5, 0.6) is 0 Å². The van der Waals surface area contributed by atoms with Crippen LogP contribution in [0.2, 0.25) is 0 Å². The van der Waals surface area contributed by atoms with Gasteiger partial charge in [0.1, 0.15) is 0 Å². The highest BCUT2D eigenvalue weighted by Crippen LogP contribution is 2.10. The van der Waals surface area contributed by atoms with Gasteiger partial charge in [-0.3, -0.25) is 10.4 Å². The molecule has 1 aromatic carbocycles.